The van der Waals surface area contributed by atoms with Crippen LogP contribution in [-0.2, 0) is 36.9 Å². The second-order valence-electron chi connectivity index (χ2n) is 8.57. The number of esters is 1. The van der Waals surface area contributed by atoms with Gasteiger partial charge in [-0.25, -0.2) is 4.79 Å². The lowest BCUT2D eigenvalue weighted by Crippen LogP contribution is -2.54. The van der Waals surface area contributed by atoms with Crippen molar-refractivity contribution < 1.29 is 23.9 Å². The molecule has 5 N–H and O–H groups in total. The van der Waals surface area contributed by atoms with Crippen LogP contribution in [0.25, 0.3) is 0 Å². The highest BCUT2D eigenvalue weighted by molar-refractivity contribution is 5.92. The molecule has 9 heteroatoms. The van der Waals surface area contributed by atoms with E-state index < -0.39 is 35.8 Å². The molecule has 0 aliphatic rings. The average molecular weight is 483 g/mol. The largest absolute Gasteiger partial charge is 0.459 e. The van der Waals surface area contributed by atoms with Gasteiger partial charge in [-0.1, -0.05) is 74.5 Å². The van der Waals surface area contributed by atoms with Gasteiger partial charge in [-0.3, -0.25) is 14.4 Å². The smallest absolute Gasteiger partial charge is 0.328 e. The van der Waals surface area contributed by atoms with Crippen LogP contribution in [0.4, 0.5) is 0 Å². The van der Waals surface area contributed by atoms with E-state index in [0.717, 1.165) is 11.1 Å². The zero-order valence-electron chi connectivity index (χ0n) is 20.2. The molecular formula is C26H34N4O5. The molecule has 9 nitrogen and oxygen atoms in total. The van der Waals surface area contributed by atoms with Gasteiger partial charge in [-0.2, -0.15) is 0 Å². The van der Waals surface area contributed by atoms with Gasteiger partial charge in [0.15, 0.2) is 0 Å². The zero-order valence-corrected chi connectivity index (χ0v) is 20.2. The summed E-state index contributed by atoms with van der Waals surface area (Å²) in [6.07, 6.45) is 0.578. The molecule has 2 unspecified atom stereocenters. The first kappa shape index (κ1) is 27.5. The van der Waals surface area contributed by atoms with E-state index in [4.69, 9.17) is 10.5 Å². The molecule has 0 radical (unpaired) electrons. The molecule has 3 amide bonds. The van der Waals surface area contributed by atoms with Crippen LogP contribution in [0.15, 0.2) is 60.7 Å². The summed E-state index contributed by atoms with van der Waals surface area (Å²) < 4.78 is 5.45. The van der Waals surface area contributed by atoms with Crippen molar-refractivity contribution in [1.29, 1.82) is 0 Å². The third-order valence-electron chi connectivity index (χ3n) is 5.10. The predicted molar refractivity (Wildman–Crippen MR) is 132 cm³/mol. The van der Waals surface area contributed by atoms with Gasteiger partial charge in [0.1, 0.15) is 18.7 Å². The Hall–Kier alpha value is -3.72. The summed E-state index contributed by atoms with van der Waals surface area (Å²) in [6.45, 7) is 3.40. The molecular weight excluding hydrogens is 448 g/mol. The van der Waals surface area contributed by atoms with Crippen LogP contribution < -0.4 is 21.7 Å². The lowest BCUT2D eigenvalue weighted by Gasteiger charge is -2.24. The third-order valence-corrected chi connectivity index (χ3v) is 5.10. The maximum Gasteiger partial charge on any atom is 0.328 e. The summed E-state index contributed by atoms with van der Waals surface area (Å²) in [5.74, 6) is -1.99. The van der Waals surface area contributed by atoms with Crippen LogP contribution in [0, 0.1) is 5.92 Å². The van der Waals surface area contributed by atoms with Crippen molar-refractivity contribution in [1.82, 2.24) is 16.0 Å². The number of benzene rings is 2. The van der Waals surface area contributed by atoms with Crippen LogP contribution in [0.5, 0.6) is 0 Å². The number of nitrogens with two attached hydrogens (primary N) is 1. The van der Waals surface area contributed by atoms with Gasteiger partial charge in [-0.15, -0.1) is 0 Å². The number of hydrogen-bond acceptors (Lipinski definition) is 6. The second-order valence-corrected chi connectivity index (χ2v) is 8.57. The van der Waals surface area contributed by atoms with E-state index in [1.54, 1.807) is 0 Å². The van der Waals surface area contributed by atoms with Crippen LogP contribution >= 0.6 is 0 Å². The van der Waals surface area contributed by atoms with Crippen molar-refractivity contribution in [3.05, 3.63) is 71.8 Å². The Balaban J connectivity index is 2.09. The minimum absolute atomic E-state index is 0.0924. The monoisotopic (exact) mass is 482 g/mol. The molecule has 188 valence electrons. The van der Waals surface area contributed by atoms with E-state index in [-0.39, 0.29) is 32.0 Å². The van der Waals surface area contributed by atoms with Gasteiger partial charge >= 0.3 is 5.97 Å². The SMILES string of the molecule is CC(C)CC(NC(=O)C(Cc1ccccc1)NC(=O)CNC(=O)CN)C(=O)OCc1ccccc1. The highest BCUT2D eigenvalue weighted by Crippen LogP contribution is 2.10. The quantitative estimate of drug-likeness (QED) is 0.315. The maximum absolute atomic E-state index is 13.2. The first-order chi connectivity index (χ1) is 16.8. The van der Waals surface area contributed by atoms with Crippen molar-refractivity contribution in [3.8, 4) is 0 Å². The van der Waals surface area contributed by atoms with Gasteiger partial charge in [0.05, 0.1) is 13.1 Å². The minimum Gasteiger partial charge on any atom is -0.459 e. The molecule has 0 saturated heterocycles. The van der Waals surface area contributed by atoms with Gasteiger partial charge in [-0.05, 0) is 23.5 Å². The van der Waals surface area contributed by atoms with Crippen molar-refractivity contribution >= 4 is 23.7 Å². The normalized spacial score (nSPS) is 12.3. The highest BCUT2D eigenvalue weighted by Gasteiger charge is 2.28. The van der Waals surface area contributed by atoms with Crippen molar-refractivity contribution in [2.45, 2.75) is 45.4 Å². The lowest BCUT2D eigenvalue weighted by molar-refractivity contribution is -0.149. The molecule has 0 aromatic heterocycles. The number of ether oxygens (including phenoxy) is 1. The van der Waals surface area contributed by atoms with E-state index in [9.17, 15) is 19.2 Å². The molecule has 2 rings (SSSR count). The van der Waals surface area contributed by atoms with Crippen LogP contribution in [-0.4, -0.2) is 48.9 Å². The fraction of sp³-hybridized carbons (Fsp3) is 0.385. The third kappa shape index (κ3) is 10.4. The van der Waals surface area contributed by atoms with Crippen molar-refractivity contribution in [2.24, 2.45) is 11.7 Å². The summed E-state index contributed by atoms with van der Waals surface area (Å²) in [6, 6.07) is 16.6. The van der Waals surface area contributed by atoms with Crippen LogP contribution in [0.2, 0.25) is 0 Å². The fourth-order valence-corrected chi connectivity index (χ4v) is 3.34. The van der Waals surface area contributed by atoms with E-state index in [1.807, 2.05) is 74.5 Å². The number of rotatable bonds is 13. The summed E-state index contributed by atoms with van der Waals surface area (Å²) in [4.78, 5) is 49.8. The molecule has 0 aliphatic carbocycles. The number of nitrogens with one attached hydrogen (secondary N) is 3. The lowest BCUT2D eigenvalue weighted by atomic mass is 10.0. The molecule has 0 saturated carbocycles. The number of carbonyl (C=O) groups excluding carboxylic acids is 4. The molecule has 2 atom stereocenters. The van der Waals surface area contributed by atoms with E-state index in [1.165, 1.54) is 0 Å². The average Bonchev–Trinajstić information content (AvgIpc) is 2.85. The van der Waals surface area contributed by atoms with Crippen LogP contribution in [0.1, 0.15) is 31.4 Å². The molecule has 0 bridgehead atoms. The van der Waals surface area contributed by atoms with Crippen molar-refractivity contribution in [3.63, 3.8) is 0 Å². The van der Waals surface area contributed by atoms with E-state index >= 15 is 0 Å². The summed E-state index contributed by atoms with van der Waals surface area (Å²) in [5, 5.41) is 7.77. The zero-order chi connectivity index (χ0) is 25.6. The van der Waals surface area contributed by atoms with Crippen molar-refractivity contribution in [2.75, 3.05) is 13.1 Å². The molecule has 2 aromatic rings. The topological polar surface area (TPSA) is 140 Å². The first-order valence-electron chi connectivity index (χ1n) is 11.6. The maximum atomic E-state index is 13.2. The fourth-order valence-electron chi connectivity index (χ4n) is 3.34. The number of hydrogen-bond donors (Lipinski definition) is 4. The second kappa shape index (κ2) is 14.5. The molecule has 0 aliphatic heterocycles. The summed E-state index contributed by atoms with van der Waals surface area (Å²) in [5.41, 5.74) is 6.91. The Morgan fingerprint density at radius 3 is 2.00 bits per heavy atom. The van der Waals surface area contributed by atoms with Gasteiger partial charge in [0.25, 0.3) is 0 Å². The van der Waals surface area contributed by atoms with Gasteiger partial charge in [0.2, 0.25) is 17.7 Å². The number of amides is 3. The standard InChI is InChI=1S/C26H34N4O5/c1-18(2)13-22(26(34)35-17-20-11-7-4-8-12-20)30-25(33)21(14-19-9-5-3-6-10-19)29-24(32)16-28-23(31)15-27/h3-12,18,21-22H,13-17,27H2,1-2H3,(H,28,31)(H,29,32)(H,30,33). The predicted octanol–water partition coefficient (Wildman–Crippen LogP) is 1.06. The van der Waals surface area contributed by atoms with Crippen LogP contribution in [0.3, 0.4) is 0 Å². The molecule has 35 heavy (non-hydrogen) atoms. The number of carbonyl (C=O) groups is 4. The Labute approximate surface area is 205 Å². The highest BCUT2D eigenvalue weighted by atomic mass is 16.5. The Morgan fingerprint density at radius 1 is 0.829 bits per heavy atom. The summed E-state index contributed by atoms with van der Waals surface area (Å²) in [7, 11) is 0. The molecule has 0 spiro atoms. The molecule has 2 aromatic carbocycles. The molecule has 0 fully saturated rings. The Kier molecular flexibility index (Phi) is 11.4. The Bertz CT molecular complexity index is 966. The van der Waals surface area contributed by atoms with E-state index in [2.05, 4.69) is 16.0 Å². The minimum atomic E-state index is -0.962. The molecule has 0 heterocycles. The van der Waals surface area contributed by atoms with E-state index in [0.29, 0.717) is 6.42 Å². The van der Waals surface area contributed by atoms with Gasteiger partial charge < -0.3 is 26.4 Å². The Morgan fingerprint density at radius 2 is 1.43 bits per heavy atom. The van der Waals surface area contributed by atoms with Gasteiger partial charge in [0, 0.05) is 6.42 Å². The first-order valence-corrected chi connectivity index (χ1v) is 11.6. The summed E-state index contributed by atoms with van der Waals surface area (Å²) >= 11 is 0.